The SMILES string of the molecule is C=CCOc1cc(C)c(Br)cc1C=O. The highest BCUT2D eigenvalue weighted by molar-refractivity contribution is 9.10. The fourth-order valence-corrected chi connectivity index (χ4v) is 1.40. The number of hydrogen-bond acceptors (Lipinski definition) is 2. The van der Waals surface area contributed by atoms with Crippen molar-refractivity contribution in [2.45, 2.75) is 6.92 Å². The lowest BCUT2D eigenvalue weighted by atomic mass is 10.1. The molecular weight excluding hydrogens is 244 g/mol. The quantitative estimate of drug-likeness (QED) is 0.610. The van der Waals surface area contributed by atoms with E-state index in [4.69, 9.17) is 4.74 Å². The fourth-order valence-electron chi connectivity index (χ4n) is 1.04. The highest BCUT2D eigenvalue weighted by Gasteiger charge is 2.05. The Morgan fingerprint density at radius 2 is 2.29 bits per heavy atom. The lowest BCUT2D eigenvalue weighted by Gasteiger charge is -2.08. The molecule has 3 heteroatoms. The summed E-state index contributed by atoms with van der Waals surface area (Å²) in [5.74, 6) is 0.598. The lowest BCUT2D eigenvalue weighted by Crippen LogP contribution is -1.97. The second-order valence-electron chi connectivity index (χ2n) is 2.86. The van der Waals surface area contributed by atoms with Crippen LogP contribution in [0.5, 0.6) is 5.75 Å². The zero-order valence-electron chi connectivity index (χ0n) is 7.92. The van der Waals surface area contributed by atoms with Crippen LogP contribution in [0.25, 0.3) is 0 Å². The van der Waals surface area contributed by atoms with Crippen LogP contribution in [-0.2, 0) is 0 Å². The van der Waals surface area contributed by atoms with Crippen LogP contribution in [0.3, 0.4) is 0 Å². The Hall–Kier alpha value is -1.09. The molecule has 0 N–H and O–H groups in total. The van der Waals surface area contributed by atoms with Crippen molar-refractivity contribution >= 4 is 22.2 Å². The molecule has 0 aliphatic rings. The number of ether oxygens (including phenoxy) is 1. The maximum Gasteiger partial charge on any atom is 0.153 e. The molecule has 14 heavy (non-hydrogen) atoms. The van der Waals surface area contributed by atoms with E-state index in [0.29, 0.717) is 17.9 Å². The third-order valence-electron chi connectivity index (χ3n) is 1.77. The molecule has 0 saturated heterocycles. The van der Waals surface area contributed by atoms with Gasteiger partial charge in [-0.05, 0) is 24.6 Å². The van der Waals surface area contributed by atoms with E-state index in [0.717, 1.165) is 16.3 Å². The average Bonchev–Trinajstić information content (AvgIpc) is 2.19. The van der Waals surface area contributed by atoms with Crippen LogP contribution in [0.2, 0.25) is 0 Å². The first-order valence-corrected chi connectivity index (χ1v) is 4.97. The summed E-state index contributed by atoms with van der Waals surface area (Å²) in [7, 11) is 0. The standard InChI is InChI=1S/C11H11BrO2/c1-3-4-14-11-5-8(2)10(12)6-9(11)7-13/h3,5-7H,1,4H2,2H3. The molecule has 0 spiro atoms. The minimum Gasteiger partial charge on any atom is -0.489 e. The van der Waals surface area contributed by atoms with E-state index in [9.17, 15) is 4.79 Å². The first-order valence-electron chi connectivity index (χ1n) is 4.18. The van der Waals surface area contributed by atoms with Crippen molar-refractivity contribution in [1.29, 1.82) is 0 Å². The zero-order chi connectivity index (χ0) is 10.6. The van der Waals surface area contributed by atoms with E-state index in [1.165, 1.54) is 0 Å². The van der Waals surface area contributed by atoms with Crippen LogP contribution in [-0.4, -0.2) is 12.9 Å². The zero-order valence-corrected chi connectivity index (χ0v) is 9.50. The molecule has 0 saturated carbocycles. The molecular formula is C11H11BrO2. The van der Waals surface area contributed by atoms with Gasteiger partial charge in [0, 0.05) is 4.47 Å². The van der Waals surface area contributed by atoms with Gasteiger partial charge in [0.1, 0.15) is 12.4 Å². The molecule has 1 rings (SSSR count). The number of rotatable bonds is 4. The van der Waals surface area contributed by atoms with Crippen LogP contribution in [0.4, 0.5) is 0 Å². The van der Waals surface area contributed by atoms with E-state index in [2.05, 4.69) is 22.5 Å². The number of aryl methyl sites for hydroxylation is 1. The minimum absolute atomic E-state index is 0.405. The van der Waals surface area contributed by atoms with Crippen molar-refractivity contribution < 1.29 is 9.53 Å². The number of carbonyl (C=O) groups excluding carboxylic acids is 1. The normalized spacial score (nSPS) is 9.57. The third kappa shape index (κ3) is 2.45. The van der Waals surface area contributed by atoms with E-state index >= 15 is 0 Å². The number of carbonyl (C=O) groups is 1. The molecule has 0 aliphatic carbocycles. The predicted molar refractivity (Wildman–Crippen MR) is 60.0 cm³/mol. The van der Waals surface area contributed by atoms with Gasteiger partial charge in [-0.25, -0.2) is 0 Å². The molecule has 0 aliphatic heterocycles. The Morgan fingerprint density at radius 1 is 1.57 bits per heavy atom. The summed E-state index contributed by atoms with van der Waals surface area (Å²) in [6.45, 7) is 5.90. The number of aldehydes is 1. The van der Waals surface area contributed by atoms with Gasteiger partial charge in [-0.3, -0.25) is 4.79 Å². The highest BCUT2D eigenvalue weighted by atomic mass is 79.9. The Labute approximate surface area is 91.7 Å². The van der Waals surface area contributed by atoms with Gasteiger partial charge in [-0.15, -0.1) is 0 Å². The molecule has 0 atom stereocenters. The van der Waals surface area contributed by atoms with Crippen LogP contribution in [0.1, 0.15) is 15.9 Å². The number of benzene rings is 1. The largest absolute Gasteiger partial charge is 0.489 e. The highest BCUT2D eigenvalue weighted by Crippen LogP contribution is 2.25. The Morgan fingerprint density at radius 3 is 2.86 bits per heavy atom. The molecule has 0 bridgehead atoms. The first-order chi connectivity index (χ1) is 6.69. The summed E-state index contributed by atoms with van der Waals surface area (Å²) in [6.07, 6.45) is 2.43. The van der Waals surface area contributed by atoms with Gasteiger partial charge in [0.15, 0.2) is 6.29 Å². The van der Waals surface area contributed by atoms with Crippen LogP contribution < -0.4 is 4.74 Å². The Kier molecular flexibility index (Phi) is 3.89. The monoisotopic (exact) mass is 254 g/mol. The molecule has 2 nitrogen and oxygen atoms in total. The second-order valence-corrected chi connectivity index (χ2v) is 3.71. The van der Waals surface area contributed by atoms with Gasteiger partial charge in [0.2, 0.25) is 0 Å². The lowest BCUT2D eigenvalue weighted by molar-refractivity contribution is 0.112. The van der Waals surface area contributed by atoms with E-state index in [1.807, 2.05) is 13.0 Å². The number of halogens is 1. The third-order valence-corrected chi connectivity index (χ3v) is 2.63. The first kappa shape index (κ1) is 11.0. The van der Waals surface area contributed by atoms with Crippen molar-refractivity contribution in [3.05, 3.63) is 40.4 Å². The number of hydrogen-bond donors (Lipinski definition) is 0. The van der Waals surface area contributed by atoms with Gasteiger partial charge in [0.05, 0.1) is 5.56 Å². The molecule has 0 amide bonds. The molecule has 0 radical (unpaired) electrons. The van der Waals surface area contributed by atoms with Crippen molar-refractivity contribution in [2.75, 3.05) is 6.61 Å². The predicted octanol–water partition coefficient (Wildman–Crippen LogP) is 3.13. The van der Waals surface area contributed by atoms with Crippen molar-refractivity contribution in [3.63, 3.8) is 0 Å². The molecule has 1 aromatic rings. The molecule has 0 fully saturated rings. The molecule has 0 heterocycles. The van der Waals surface area contributed by atoms with Gasteiger partial charge in [0.25, 0.3) is 0 Å². The fraction of sp³-hybridized carbons (Fsp3) is 0.182. The van der Waals surface area contributed by atoms with E-state index in [1.54, 1.807) is 12.1 Å². The van der Waals surface area contributed by atoms with Crippen LogP contribution in [0, 0.1) is 6.92 Å². The summed E-state index contributed by atoms with van der Waals surface area (Å²) in [5.41, 5.74) is 1.58. The van der Waals surface area contributed by atoms with Gasteiger partial charge >= 0.3 is 0 Å². The molecule has 0 aromatic heterocycles. The Balaban J connectivity index is 3.06. The Bertz CT molecular complexity index is 359. The van der Waals surface area contributed by atoms with Crippen molar-refractivity contribution in [1.82, 2.24) is 0 Å². The van der Waals surface area contributed by atoms with Crippen LogP contribution >= 0.6 is 15.9 Å². The van der Waals surface area contributed by atoms with Crippen LogP contribution in [0.15, 0.2) is 29.3 Å². The molecule has 0 unspecified atom stereocenters. The average molecular weight is 255 g/mol. The van der Waals surface area contributed by atoms with E-state index in [-0.39, 0.29) is 0 Å². The maximum atomic E-state index is 10.7. The summed E-state index contributed by atoms with van der Waals surface area (Å²) in [6, 6.07) is 3.58. The smallest absolute Gasteiger partial charge is 0.153 e. The van der Waals surface area contributed by atoms with Crippen molar-refractivity contribution in [2.24, 2.45) is 0 Å². The van der Waals surface area contributed by atoms with Gasteiger partial charge < -0.3 is 4.74 Å². The maximum absolute atomic E-state index is 10.7. The summed E-state index contributed by atoms with van der Waals surface area (Å²) in [5, 5.41) is 0. The van der Waals surface area contributed by atoms with Crippen molar-refractivity contribution in [3.8, 4) is 5.75 Å². The summed E-state index contributed by atoms with van der Waals surface area (Å²) < 4.78 is 6.25. The minimum atomic E-state index is 0.405. The summed E-state index contributed by atoms with van der Waals surface area (Å²) >= 11 is 3.35. The van der Waals surface area contributed by atoms with Gasteiger partial charge in [-0.2, -0.15) is 0 Å². The summed E-state index contributed by atoms with van der Waals surface area (Å²) in [4.78, 5) is 10.7. The van der Waals surface area contributed by atoms with E-state index < -0.39 is 0 Å². The topological polar surface area (TPSA) is 26.3 Å². The molecule has 74 valence electrons. The molecule has 1 aromatic carbocycles. The second kappa shape index (κ2) is 4.96. The van der Waals surface area contributed by atoms with Gasteiger partial charge in [-0.1, -0.05) is 28.6 Å².